The van der Waals surface area contributed by atoms with Crippen LogP contribution in [0.3, 0.4) is 0 Å². The number of carboxylic acids is 1. The Balaban J connectivity index is 2.98. The summed E-state index contributed by atoms with van der Waals surface area (Å²) in [7, 11) is 1.56. The summed E-state index contributed by atoms with van der Waals surface area (Å²) in [5, 5.41) is 8.84. The highest BCUT2D eigenvalue weighted by atomic mass is 16.5. The number of aryl methyl sites for hydroxylation is 1. The van der Waals surface area contributed by atoms with Crippen molar-refractivity contribution in [2.45, 2.75) is 20.3 Å². The third kappa shape index (κ3) is 3.98. The zero-order valence-corrected chi connectivity index (χ0v) is 11.5. The van der Waals surface area contributed by atoms with Crippen LogP contribution in [0.1, 0.15) is 29.3 Å². The molecule has 0 unspecified atom stereocenters. The highest BCUT2D eigenvalue weighted by Crippen LogP contribution is 2.18. The van der Waals surface area contributed by atoms with E-state index < -0.39 is 5.97 Å². The molecule has 0 aromatic heterocycles. The lowest BCUT2D eigenvalue weighted by molar-refractivity contribution is -0.137. The van der Waals surface area contributed by atoms with Gasteiger partial charge < -0.3 is 14.7 Å². The van der Waals surface area contributed by atoms with Gasteiger partial charge in [0.2, 0.25) is 0 Å². The van der Waals surface area contributed by atoms with Gasteiger partial charge >= 0.3 is 5.97 Å². The average molecular weight is 265 g/mol. The van der Waals surface area contributed by atoms with Crippen molar-refractivity contribution in [3.63, 3.8) is 0 Å². The van der Waals surface area contributed by atoms with Gasteiger partial charge in [-0.3, -0.25) is 9.59 Å². The number of hydrogen-bond donors (Lipinski definition) is 1. The van der Waals surface area contributed by atoms with E-state index in [9.17, 15) is 9.59 Å². The van der Waals surface area contributed by atoms with E-state index in [1.54, 1.807) is 32.2 Å². The molecule has 19 heavy (non-hydrogen) atoms. The van der Waals surface area contributed by atoms with Crippen molar-refractivity contribution < 1.29 is 19.4 Å². The number of benzene rings is 1. The fourth-order valence-corrected chi connectivity index (χ4v) is 1.86. The smallest absolute Gasteiger partial charge is 0.323 e. The number of rotatable bonds is 6. The lowest BCUT2D eigenvalue weighted by atomic mass is 10.1. The van der Waals surface area contributed by atoms with Gasteiger partial charge in [0.05, 0.1) is 7.11 Å². The van der Waals surface area contributed by atoms with Crippen molar-refractivity contribution in [3.05, 3.63) is 29.3 Å². The average Bonchev–Trinajstić information content (AvgIpc) is 2.36. The highest BCUT2D eigenvalue weighted by Gasteiger charge is 2.19. The number of aliphatic carboxylic acids is 1. The summed E-state index contributed by atoms with van der Waals surface area (Å²) in [5.74, 6) is -0.591. The minimum Gasteiger partial charge on any atom is -0.497 e. The highest BCUT2D eigenvalue weighted by molar-refractivity contribution is 5.97. The standard InChI is InChI=1S/C14H19NO4/c1-4-7-15(9-13(16)17)14(18)12-6-5-11(19-3)8-10(12)2/h5-6,8H,4,7,9H2,1-3H3,(H,16,17). The summed E-state index contributed by atoms with van der Waals surface area (Å²) >= 11 is 0. The van der Waals surface area contributed by atoms with E-state index in [1.165, 1.54) is 4.90 Å². The molecule has 0 fully saturated rings. The molecule has 0 saturated carbocycles. The van der Waals surface area contributed by atoms with Crippen molar-refractivity contribution in [1.82, 2.24) is 4.90 Å². The van der Waals surface area contributed by atoms with Crippen LogP contribution in [0.15, 0.2) is 18.2 Å². The van der Waals surface area contributed by atoms with Gasteiger partial charge in [-0.25, -0.2) is 0 Å². The molecule has 104 valence electrons. The Labute approximate surface area is 112 Å². The van der Waals surface area contributed by atoms with Crippen LogP contribution >= 0.6 is 0 Å². The van der Waals surface area contributed by atoms with Gasteiger partial charge in [-0.1, -0.05) is 6.92 Å². The third-order valence-corrected chi connectivity index (χ3v) is 2.77. The number of carbonyl (C=O) groups excluding carboxylic acids is 1. The van der Waals surface area contributed by atoms with Gasteiger partial charge in [0.25, 0.3) is 5.91 Å². The van der Waals surface area contributed by atoms with Crippen molar-refractivity contribution in [1.29, 1.82) is 0 Å². The molecule has 0 aliphatic carbocycles. The number of hydrogen-bond acceptors (Lipinski definition) is 3. The summed E-state index contributed by atoms with van der Waals surface area (Å²) in [5.41, 5.74) is 1.28. The van der Waals surface area contributed by atoms with Crippen LogP contribution in [0, 0.1) is 6.92 Å². The maximum Gasteiger partial charge on any atom is 0.323 e. The second kappa shape index (κ2) is 6.78. The van der Waals surface area contributed by atoms with Crippen molar-refractivity contribution in [3.8, 4) is 5.75 Å². The maximum atomic E-state index is 12.3. The summed E-state index contributed by atoms with van der Waals surface area (Å²) in [6.45, 7) is 3.86. The molecule has 0 spiro atoms. The van der Waals surface area contributed by atoms with Crippen LogP contribution < -0.4 is 4.74 Å². The summed E-state index contributed by atoms with van der Waals surface area (Å²) in [6.07, 6.45) is 0.716. The Kier molecular flexibility index (Phi) is 5.36. The quantitative estimate of drug-likeness (QED) is 0.853. The maximum absolute atomic E-state index is 12.3. The van der Waals surface area contributed by atoms with E-state index in [1.807, 2.05) is 6.92 Å². The summed E-state index contributed by atoms with van der Waals surface area (Å²) in [4.78, 5) is 24.4. The first-order chi connectivity index (χ1) is 8.99. The summed E-state index contributed by atoms with van der Waals surface area (Å²) < 4.78 is 5.08. The van der Waals surface area contributed by atoms with E-state index >= 15 is 0 Å². The van der Waals surface area contributed by atoms with E-state index in [2.05, 4.69) is 0 Å². The van der Waals surface area contributed by atoms with E-state index in [4.69, 9.17) is 9.84 Å². The largest absolute Gasteiger partial charge is 0.497 e. The molecule has 0 bridgehead atoms. The number of nitrogens with zero attached hydrogens (tertiary/aromatic N) is 1. The second-order valence-corrected chi connectivity index (χ2v) is 4.30. The Morgan fingerprint density at radius 2 is 2.05 bits per heavy atom. The molecule has 1 aromatic rings. The first kappa shape index (κ1) is 15.0. The number of carbonyl (C=O) groups is 2. The Morgan fingerprint density at radius 3 is 2.53 bits per heavy atom. The van der Waals surface area contributed by atoms with Gasteiger partial charge in [-0.05, 0) is 37.1 Å². The van der Waals surface area contributed by atoms with Gasteiger partial charge in [-0.2, -0.15) is 0 Å². The lowest BCUT2D eigenvalue weighted by Crippen LogP contribution is -2.36. The Morgan fingerprint density at radius 1 is 1.37 bits per heavy atom. The molecule has 1 rings (SSSR count). The fourth-order valence-electron chi connectivity index (χ4n) is 1.86. The monoisotopic (exact) mass is 265 g/mol. The van der Waals surface area contributed by atoms with Gasteiger partial charge in [-0.15, -0.1) is 0 Å². The summed E-state index contributed by atoms with van der Waals surface area (Å²) in [6, 6.07) is 5.13. The third-order valence-electron chi connectivity index (χ3n) is 2.77. The Hall–Kier alpha value is -2.04. The molecule has 5 heteroatoms. The zero-order chi connectivity index (χ0) is 14.4. The topological polar surface area (TPSA) is 66.8 Å². The van der Waals surface area contributed by atoms with Gasteiger partial charge in [0.1, 0.15) is 12.3 Å². The predicted molar refractivity (Wildman–Crippen MR) is 71.6 cm³/mol. The van der Waals surface area contributed by atoms with E-state index in [-0.39, 0.29) is 12.5 Å². The zero-order valence-electron chi connectivity index (χ0n) is 11.5. The van der Waals surface area contributed by atoms with E-state index in [0.717, 1.165) is 5.56 Å². The van der Waals surface area contributed by atoms with Crippen molar-refractivity contribution in [2.75, 3.05) is 20.2 Å². The van der Waals surface area contributed by atoms with E-state index in [0.29, 0.717) is 24.3 Å². The van der Waals surface area contributed by atoms with Crippen LogP contribution in [0.25, 0.3) is 0 Å². The molecule has 0 saturated heterocycles. The van der Waals surface area contributed by atoms with Gasteiger partial charge in [0, 0.05) is 12.1 Å². The molecule has 5 nitrogen and oxygen atoms in total. The normalized spacial score (nSPS) is 10.1. The second-order valence-electron chi connectivity index (χ2n) is 4.30. The molecule has 0 atom stereocenters. The predicted octanol–water partition coefficient (Wildman–Crippen LogP) is 1.94. The molecule has 1 N–H and O–H groups in total. The fraction of sp³-hybridized carbons (Fsp3) is 0.429. The van der Waals surface area contributed by atoms with Crippen LogP contribution in [0.4, 0.5) is 0 Å². The molecule has 1 amide bonds. The molecule has 0 aliphatic rings. The number of amides is 1. The van der Waals surface area contributed by atoms with Crippen LogP contribution in [0.2, 0.25) is 0 Å². The number of methoxy groups -OCH3 is 1. The molecule has 1 aromatic carbocycles. The minimum absolute atomic E-state index is 0.260. The first-order valence-electron chi connectivity index (χ1n) is 6.15. The van der Waals surface area contributed by atoms with Crippen LogP contribution in [-0.4, -0.2) is 42.1 Å². The minimum atomic E-state index is -1.01. The molecule has 0 aliphatic heterocycles. The molecule has 0 heterocycles. The van der Waals surface area contributed by atoms with Gasteiger partial charge in [0.15, 0.2) is 0 Å². The van der Waals surface area contributed by atoms with Crippen LogP contribution in [0.5, 0.6) is 5.75 Å². The number of carboxylic acid groups (broad SMARTS) is 1. The Bertz CT molecular complexity index is 471. The lowest BCUT2D eigenvalue weighted by Gasteiger charge is -2.21. The van der Waals surface area contributed by atoms with Crippen LogP contribution in [-0.2, 0) is 4.79 Å². The molecular formula is C14H19NO4. The molecular weight excluding hydrogens is 246 g/mol. The first-order valence-corrected chi connectivity index (χ1v) is 6.15. The molecule has 0 radical (unpaired) electrons. The SMILES string of the molecule is CCCN(CC(=O)O)C(=O)c1ccc(OC)cc1C. The van der Waals surface area contributed by atoms with Crippen molar-refractivity contribution >= 4 is 11.9 Å². The number of ether oxygens (including phenoxy) is 1. The van der Waals surface area contributed by atoms with Crippen molar-refractivity contribution in [2.24, 2.45) is 0 Å².